The molecule has 11 heteroatoms. The number of rotatable bonds is 4. The smallest absolute Gasteiger partial charge is 0.325 e. The highest BCUT2D eigenvalue weighted by atomic mass is 32.2. The number of urea groups is 1. The summed E-state index contributed by atoms with van der Waals surface area (Å²) in [7, 11) is -4.35. The maximum Gasteiger partial charge on any atom is 0.390 e. The minimum Gasteiger partial charge on any atom is -0.325 e. The maximum absolute atomic E-state index is 12.3. The van der Waals surface area contributed by atoms with Crippen molar-refractivity contribution in [2.24, 2.45) is 5.92 Å². The summed E-state index contributed by atoms with van der Waals surface area (Å²) in [5.74, 6) is -2.77. The minimum atomic E-state index is -4.61. The number of sulfonamides is 1. The Bertz CT molecular complexity index is 603. The summed E-state index contributed by atoms with van der Waals surface area (Å²) >= 11 is 0. The van der Waals surface area contributed by atoms with E-state index < -0.39 is 40.2 Å². The molecule has 0 saturated carbocycles. The molecule has 2 saturated heterocycles. The quantitative estimate of drug-likeness (QED) is 0.791. The molecule has 2 heterocycles. The molecular weight excluding hydrogens is 363 g/mol. The lowest BCUT2D eigenvalue weighted by atomic mass is 9.98. The van der Waals surface area contributed by atoms with Crippen molar-refractivity contribution in [2.75, 3.05) is 31.9 Å². The van der Waals surface area contributed by atoms with Gasteiger partial charge in [-0.2, -0.15) is 13.2 Å². The predicted molar refractivity (Wildman–Crippen MR) is 83.1 cm³/mol. The van der Waals surface area contributed by atoms with Gasteiger partial charge in [0.15, 0.2) is 0 Å². The summed E-state index contributed by atoms with van der Waals surface area (Å²) in [6.45, 7) is 1.89. The van der Waals surface area contributed by atoms with Crippen LogP contribution in [0.4, 0.5) is 18.0 Å². The predicted octanol–water partition coefficient (Wildman–Crippen LogP) is 1.31. The van der Waals surface area contributed by atoms with Crippen LogP contribution in [0.2, 0.25) is 0 Å². The van der Waals surface area contributed by atoms with Crippen LogP contribution in [0.3, 0.4) is 0 Å². The fourth-order valence-electron chi connectivity index (χ4n) is 3.01. The lowest BCUT2D eigenvalue weighted by molar-refractivity contribution is -0.130. The fourth-order valence-corrected chi connectivity index (χ4v) is 4.09. The Labute approximate surface area is 144 Å². The molecule has 2 rings (SSSR count). The van der Waals surface area contributed by atoms with Crippen LogP contribution in [-0.2, 0) is 14.8 Å². The van der Waals surface area contributed by atoms with Gasteiger partial charge in [0.1, 0.15) is 0 Å². The van der Waals surface area contributed by atoms with Crippen molar-refractivity contribution in [3.63, 3.8) is 0 Å². The molecule has 1 unspecified atom stereocenters. The molecule has 7 nitrogen and oxygen atoms in total. The molecule has 0 aromatic rings. The van der Waals surface area contributed by atoms with Crippen molar-refractivity contribution in [1.82, 2.24) is 14.5 Å². The number of carbonyl (C=O) groups excluding carboxylic acids is 2. The molecule has 1 N–H and O–H groups in total. The Morgan fingerprint density at radius 2 is 1.64 bits per heavy atom. The molecule has 144 valence electrons. The van der Waals surface area contributed by atoms with Gasteiger partial charge in [-0.25, -0.2) is 13.2 Å². The number of alkyl halides is 3. The molecule has 0 aliphatic carbocycles. The van der Waals surface area contributed by atoms with E-state index >= 15 is 0 Å². The zero-order chi connectivity index (χ0) is 18.7. The Morgan fingerprint density at radius 1 is 1.04 bits per heavy atom. The highest BCUT2D eigenvalue weighted by molar-refractivity contribution is 7.90. The molecule has 0 spiro atoms. The first-order chi connectivity index (χ1) is 11.6. The zero-order valence-electron chi connectivity index (χ0n) is 13.7. The monoisotopic (exact) mass is 385 g/mol. The Morgan fingerprint density at radius 3 is 2.24 bits per heavy atom. The van der Waals surface area contributed by atoms with Crippen LogP contribution >= 0.6 is 0 Å². The van der Waals surface area contributed by atoms with E-state index in [1.165, 1.54) is 4.90 Å². The molecule has 3 amide bonds. The molecule has 2 aliphatic rings. The number of amides is 3. The number of nitrogens with zero attached hydrogens (tertiary/aromatic N) is 2. The topological polar surface area (TPSA) is 86.8 Å². The third kappa shape index (κ3) is 6.05. The fraction of sp³-hybridized carbons (Fsp3) is 0.857. The van der Waals surface area contributed by atoms with Crippen LogP contribution in [0.25, 0.3) is 0 Å². The maximum atomic E-state index is 12.3. The summed E-state index contributed by atoms with van der Waals surface area (Å²) in [4.78, 5) is 27.7. The van der Waals surface area contributed by atoms with Gasteiger partial charge in [-0.05, 0) is 25.7 Å². The van der Waals surface area contributed by atoms with Gasteiger partial charge in [0, 0.05) is 26.2 Å². The zero-order valence-corrected chi connectivity index (χ0v) is 14.5. The second-order valence-electron chi connectivity index (χ2n) is 6.41. The number of hydrogen-bond acceptors (Lipinski definition) is 4. The number of nitrogens with one attached hydrogen (secondary N) is 1. The molecule has 0 aromatic carbocycles. The van der Waals surface area contributed by atoms with E-state index in [4.69, 9.17) is 0 Å². The molecular formula is C14H22F3N3O4S. The number of piperidine rings is 1. The van der Waals surface area contributed by atoms with Gasteiger partial charge >= 0.3 is 12.2 Å². The van der Waals surface area contributed by atoms with Gasteiger partial charge in [-0.1, -0.05) is 0 Å². The summed E-state index contributed by atoms with van der Waals surface area (Å²) in [6, 6.07) is -0.171. The van der Waals surface area contributed by atoms with Gasteiger partial charge in [0.25, 0.3) is 0 Å². The van der Waals surface area contributed by atoms with E-state index in [2.05, 4.69) is 0 Å². The summed E-state index contributed by atoms with van der Waals surface area (Å²) in [5, 5.41) is 0. The summed E-state index contributed by atoms with van der Waals surface area (Å²) in [6.07, 6.45) is -3.33. The highest BCUT2D eigenvalue weighted by Crippen LogP contribution is 2.22. The lowest BCUT2D eigenvalue weighted by Gasteiger charge is -2.34. The van der Waals surface area contributed by atoms with Crippen LogP contribution in [0.5, 0.6) is 0 Å². The van der Waals surface area contributed by atoms with Crippen molar-refractivity contribution < 1.29 is 31.2 Å². The van der Waals surface area contributed by atoms with Crippen LogP contribution in [0.15, 0.2) is 0 Å². The van der Waals surface area contributed by atoms with E-state index in [-0.39, 0.29) is 12.6 Å². The van der Waals surface area contributed by atoms with E-state index in [1.807, 2.05) is 0 Å². The van der Waals surface area contributed by atoms with E-state index in [1.54, 1.807) is 9.62 Å². The average Bonchev–Trinajstić information content (AvgIpc) is 3.06. The van der Waals surface area contributed by atoms with Gasteiger partial charge in [-0.15, -0.1) is 0 Å². The van der Waals surface area contributed by atoms with Crippen LogP contribution in [0, 0.1) is 5.92 Å². The molecule has 1 atom stereocenters. The van der Waals surface area contributed by atoms with E-state index in [0.29, 0.717) is 32.5 Å². The van der Waals surface area contributed by atoms with Crippen LogP contribution in [0.1, 0.15) is 32.1 Å². The Hall–Kier alpha value is -1.52. The Kier molecular flexibility index (Phi) is 6.17. The van der Waals surface area contributed by atoms with Crippen LogP contribution in [-0.4, -0.2) is 68.3 Å². The molecule has 0 radical (unpaired) electrons. The molecule has 2 aliphatic heterocycles. The second-order valence-corrected chi connectivity index (χ2v) is 8.25. The largest absolute Gasteiger partial charge is 0.390 e. The third-order valence-electron chi connectivity index (χ3n) is 4.35. The number of hydrogen-bond donors (Lipinski definition) is 1. The molecule has 0 bridgehead atoms. The van der Waals surface area contributed by atoms with Crippen LogP contribution < -0.4 is 4.72 Å². The molecule has 25 heavy (non-hydrogen) atoms. The van der Waals surface area contributed by atoms with Crippen molar-refractivity contribution in [3.8, 4) is 0 Å². The SMILES string of the molecule is O=C(NS(=O)(=O)CCC(F)(F)F)C1CCCN(C(=O)N2CCCC2)C1. The number of carbonyl (C=O) groups is 2. The number of halogens is 3. The Balaban J connectivity index is 1.89. The van der Waals surface area contributed by atoms with Gasteiger partial charge < -0.3 is 9.80 Å². The van der Waals surface area contributed by atoms with E-state index in [0.717, 1.165) is 12.8 Å². The van der Waals surface area contributed by atoms with Gasteiger partial charge in [-0.3, -0.25) is 9.52 Å². The first-order valence-electron chi connectivity index (χ1n) is 8.22. The van der Waals surface area contributed by atoms with E-state index in [9.17, 15) is 31.2 Å². The van der Waals surface area contributed by atoms with Gasteiger partial charge in [0.2, 0.25) is 15.9 Å². The minimum absolute atomic E-state index is 0.0793. The van der Waals surface area contributed by atoms with Crippen molar-refractivity contribution in [2.45, 2.75) is 38.3 Å². The summed E-state index contributed by atoms with van der Waals surface area (Å²) in [5.41, 5.74) is 0. The summed E-state index contributed by atoms with van der Waals surface area (Å²) < 4.78 is 61.4. The van der Waals surface area contributed by atoms with Crippen molar-refractivity contribution >= 4 is 22.0 Å². The standard InChI is InChI=1S/C14H22F3N3O4S/c15-14(16,17)5-9-25(23,24)18-12(21)11-4-3-8-20(10-11)13(22)19-6-1-2-7-19/h11H,1-10H2,(H,18,21). The number of likely N-dealkylation sites (tertiary alicyclic amines) is 2. The lowest BCUT2D eigenvalue weighted by Crippen LogP contribution is -2.50. The average molecular weight is 385 g/mol. The normalized spacial score (nSPS) is 22.1. The highest BCUT2D eigenvalue weighted by Gasteiger charge is 2.34. The second kappa shape index (κ2) is 7.79. The molecule has 0 aromatic heterocycles. The first-order valence-corrected chi connectivity index (χ1v) is 9.87. The molecule has 2 fully saturated rings. The first kappa shape index (κ1) is 19.8. The van der Waals surface area contributed by atoms with Crippen molar-refractivity contribution in [1.29, 1.82) is 0 Å². The van der Waals surface area contributed by atoms with Gasteiger partial charge in [0.05, 0.1) is 18.1 Å². The third-order valence-corrected chi connectivity index (χ3v) is 5.60. The van der Waals surface area contributed by atoms with Crippen molar-refractivity contribution in [3.05, 3.63) is 0 Å².